The summed E-state index contributed by atoms with van der Waals surface area (Å²) in [7, 11) is 0. The third kappa shape index (κ3) is 10.5. The van der Waals surface area contributed by atoms with Crippen LogP contribution < -0.4 is 0 Å². The minimum Gasteiger partial charge on any atom is -0.396 e. The van der Waals surface area contributed by atoms with E-state index in [0.717, 1.165) is 6.42 Å². The molecule has 6 nitrogen and oxygen atoms in total. The molecule has 0 aromatic heterocycles. The van der Waals surface area contributed by atoms with Gasteiger partial charge in [0.2, 0.25) is 0 Å². The zero-order chi connectivity index (χ0) is 14.0. The fourth-order valence-corrected chi connectivity index (χ4v) is 1.49. The number of aliphatic hydroxyl groups is 2. The Hall–Kier alpha value is -0.690. The summed E-state index contributed by atoms with van der Waals surface area (Å²) in [6, 6.07) is 0. The van der Waals surface area contributed by atoms with Gasteiger partial charge in [-0.05, 0) is 38.7 Å². The molecule has 0 amide bonds. The Balaban J connectivity index is 3.61. The van der Waals surface area contributed by atoms with E-state index in [-0.39, 0.29) is 13.0 Å². The second-order valence-corrected chi connectivity index (χ2v) is 4.95. The fourth-order valence-electron chi connectivity index (χ4n) is 1.49. The largest absolute Gasteiger partial charge is 0.396 e. The van der Waals surface area contributed by atoms with Crippen molar-refractivity contribution < 1.29 is 29.8 Å². The van der Waals surface area contributed by atoms with E-state index < -0.39 is 17.7 Å². The molecular weight excluding hydrogens is 240 g/mol. The van der Waals surface area contributed by atoms with Crippen molar-refractivity contribution in [1.82, 2.24) is 0 Å². The van der Waals surface area contributed by atoms with Crippen molar-refractivity contribution in [3.05, 3.63) is 0 Å². The van der Waals surface area contributed by atoms with E-state index in [4.69, 9.17) is 9.99 Å². The fraction of sp³-hybridized carbons (Fsp3) is 0.917. The van der Waals surface area contributed by atoms with Gasteiger partial charge in [0.15, 0.2) is 0 Å². The number of carbonyl (C=O) groups is 1. The molecule has 0 aromatic carbocycles. The van der Waals surface area contributed by atoms with Gasteiger partial charge in [0.05, 0.1) is 6.10 Å². The Labute approximate surface area is 108 Å². The minimum absolute atomic E-state index is 0.127. The first kappa shape index (κ1) is 17.3. The third-order valence-corrected chi connectivity index (χ3v) is 2.21. The first-order chi connectivity index (χ1) is 8.37. The van der Waals surface area contributed by atoms with E-state index in [1.54, 1.807) is 20.8 Å². The predicted molar refractivity (Wildman–Crippen MR) is 64.2 cm³/mol. The van der Waals surface area contributed by atoms with Crippen LogP contribution in [-0.4, -0.2) is 34.5 Å². The van der Waals surface area contributed by atoms with Gasteiger partial charge in [-0.2, -0.15) is 4.89 Å². The van der Waals surface area contributed by atoms with Crippen LogP contribution in [0.15, 0.2) is 0 Å². The van der Waals surface area contributed by atoms with Crippen molar-refractivity contribution in [2.24, 2.45) is 0 Å². The standard InChI is InChI=1S/C12H24O6/c1-10(14)9-12(2,3)17-18-16-11(15)7-5-4-6-8-13/h10,13-14H,4-9H2,1-3H3. The Morgan fingerprint density at radius 1 is 1.28 bits per heavy atom. The first-order valence-electron chi connectivity index (χ1n) is 6.21. The third-order valence-electron chi connectivity index (χ3n) is 2.21. The molecule has 0 radical (unpaired) electrons. The van der Waals surface area contributed by atoms with Crippen molar-refractivity contribution in [2.45, 2.75) is 64.6 Å². The molecule has 0 aliphatic heterocycles. The van der Waals surface area contributed by atoms with Crippen LogP contribution >= 0.6 is 0 Å². The predicted octanol–water partition coefficient (Wildman–Crippen LogP) is 1.49. The molecular formula is C12H24O6. The minimum atomic E-state index is -0.731. The van der Waals surface area contributed by atoms with Crippen molar-refractivity contribution in [3.8, 4) is 0 Å². The Morgan fingerprint density at radius 2 is 1.94 bits per heavy atom. The molecule has 1 atom stereocenters. The molecule has 0 aliphatic carbocycles. The van der Waals surface area contributed by atoms with E-state index in [9.17, 15) is 9.90 Å². The molecule has 108 valence electrons. The topological polar surface area (TPSA) is 85.2 Å². The smallest absolute Gasteiger partial charge is 0.345 e. The summed E-state index contributed by atoms with van der Waals surface area (Å²) in [6.45, 7) is 5.20. The highest BCUT2D eigenvalue weighted by Crippen LogP contribution is 2.17. The van der Waals surface area contributed by atoms with E-state index in [0.29, 0.717) is 19.3 Å². The summed E-state index contributed by atoms with van der Waals surface area (Å²) >= 11 is 0. The molecule has 0 saturated heterocycles. The van der Waals surface area contributed by atoms with Gasteiger partial charge in [-0.3, -0.25) is 4.89 Å². The van der Waals surface area contributed by atoms with Crippen LogP contribution in [0.5, 0.6) is 0 Å². The summed E-state index contributed by atoms with van der Waals surface area (Å²) in [5, 5.41) is 22.2. The number of hydrogen-bond acceptors (Lipinski definition) is 6. The molecule has 18 heavy (non-hydrogen) atoms. The molecule has 0 heterocycles. The van der Waals surface area contributed by atoms with E-state index in [1.807, 2.05) is 0 Å². The maximum Gasteiger partial charge on any atom is 0.345 e. The molecule has 0 saturated carbocycles. The normalized spacial score (nSPS) is 13.4. The van der Waals surface area contributed by atoms with Crippen molar-refractivity contribution in [2.75, 3.05) is 6.61 Å². The molecule has 2 N–H and O–H groups in total. The highest BCUT2D eigenvalue weighted by atomic mass is 17.5. The van der Waals surface area contributed by atoms with Crippen LogP contribution in [0.25, 0.3) is 0 Å². The summed E-state index contributed by atoms with van der Waals surface area (Å²) in [5.74, 6) is -0.513. The molecule has 0 rings (SSSR count). The van der Waals surface area contributed by atoms with Crippen LogP contribution in [0.1, 0.15) is 52.9 Å². The van der Waals surface area contributed by atoms with Gasteiger partial charge < -0.3 is 10.2 Å². The SMILES string of the molecule is CC(O)CC(C)(C)OOOC(=O)CCCCCO. The van der Waals surface area contributed by atoms with Gasteiger partial charge in [-0.25, -0.2) is 4.79 Å². The van der Waals surface area contributed by atoms with E-state index in [1.165, 1.54) is 0 Å². The Kier molecular flexibility index (Phi) is 8.91. The lowest BCUT2D eigenvalue weighted by Crippen LogP contribution is -2.29. The molecule has 1 unspecified atom stereocenters. The van der Waals surface area contributed by atoms with Crippen molar-refractivity contribution in [3.63, 3.8) is 0 Å². The van der Waals surface area contributed by atoms with Gasteiger partial charge in [-0.15, -0.1) is 0 Å². The number of aliphatic hydroxyl groups excluding tert-OH is 2. The maximum absolute atomic E-state index is 11.2. The lowest BCUT2D eigenvalue weighted by molar-refractivity contribution is -0.518. The monoisotopic (exact) mass is 264 g/mol. The number of rotatable bonds is 10. The maximum atomic E-state index is 11.2. The summed E-state index contributed by atoms with van der Waals surface area (Å²) in [5.41, 5.74) is -0.731. The molecule has 0 aromatic rings. The zero-order valence-corrected chi connectivity index (χ0v) is 11.3. The lowest BCUT2D eigenvalue weighted by atomic mass is 10.0. The van der Waals surface area contributed by atoms with E-state index in [2.05, 4.69) is 9.93 Å². The molecule has 0 aliphatic rings. The second-order valence-electron chi connectivity index (χ2n) is 4.95. The van der Waals surface area contributed by atoms with Crippen LogP contribution in [0.4, 0.5) is 0 Å². The summed E-state index contributed by atoms with van der Waals surface area (Å²) in [4.78, 5) is 20.5. The van der Waals surface area contributed by atoms with Gasteiger partial charge in [0.1, 0.15) is 5.60 Å². The van der Waals surface area contributed by atoms with Crippen molar-refractivity contribution >= 4 is 5.97 Å². The number of hydrogen-bond donors (Lipinski definition) is 2. The average molecular weight is 264 g/mol. The second kappa shape index (κ2) is 9.27. The van der Waals surface area contributed by atoms with Gasteiger partial charge in [-0.1, -0.05) is 6.42 Å². The Bertz CT molecular complexity index is 227. The Morgan fingerprint density at radius 3 is 2.50 bits per heavy atom. The van der Waals surface area contributed by atoms with Crippen LogP contribution in [0.2, 0.25) is 0 Å². The van der Waals surface area contributed by atoms with E-state index >= 15 is 0 Å². The zero-order valence-electron chi connectivity index (χ0n) is 11.3. The highest BCUT2D eigenvalue weighted by Gasteiger charge is 2.23. The molecule has 0 spiro atoms. The van der Waals surface area contributed by atoms with Crippen LogP contribution in [0, 0.1) is 0 Å². The first-order valence-corrected chi connectivity index (χ1v) is 6.21. The quantitative estimate of drug-likeness (QED) is 0.353. The van der Waals surface area contributed by atoms with Gasteiger partial charge in [0.25, 0.3) is 0 Å². The summed E-state index contributed by atoms with van der Waals surface area (Å²) in [6.07, 6.45) is 2.13. The summed E-state index contributed by atoms with van der Waals surface area (Å²) < 4.78 is 0. The van der Waals surface area contributed by atoms with Crippen LogP contribution in [-0.2, 0) is 19.6 Å². The van der Waals surface area contributed by atoms with Gasteiger partial charge in [0, 0.05) is 19.4 Å². The van der Waals surface area contributed by atoms with Crippen molar-refractivity contribution in [1.29, 1.82) is 0 Å². The highest BCUT2D eigenvalue weighted by molar-refractivity contribution is 5.68. The number of carbonyl (C=O) groups excluding carboxylic acids is 1. The molecule has 6 heteroatoms. The van der Waals surface area contributed by atoms with Gasteiger partial charge >= 0.3 is 5.97 Å². The molecule has 0 fully saturated rings. The number of unbranched alkanes of at least 4 members (excludes halogenated alkanes) is 2. The molecule has 0 bridgehead atoms. The van der Waals surface area contributed by atoms with Crippen LogP contribution in [0.3, 0.4) is 0 Å². The average Bonchev–Trinajstić information content (AvgIpc) is 2.22. The lowest BCUT2D eigenvalue weighted by Gasteiger charge is -2.23.